The number of aryl methyl sites for hydroxylation is 1. The van der Waals surface area contributed by atoms with Crippen LogP contribution >= 0.6 is 11.6 Å². The van der Waals surface area contributed by atoms with E-state index < -0.39 is 0 Å². The zero-order valence-corrected chi connectivity index (χ0v) is 8.62. The predicted octanol–water partition coefficient (Wildman–Crippen LogP) is 1.23. The van der Waals surface area contributed by atoms with Crippen LogP contribution in [0.25, 0.3) is 5.65 Å². The van der Waals surface area contributed by atoms with Crippen LogP contribution in [0.5, 0.6) is 0 Å². The van der Waals surface area contributed by atoms with Crippen molar-refractivity contribution in [2.75, 3.05) is 7.11 Å². The highest BCUT2D eigenvalue weighted by atomic mass is 35.5. The van der Waals surface area contributed by atoms with Gasteiger partial charge in [0.05, 0.1) is 0 Å². The van der Waals surface area contributed by atoms with Crippen LogP contribution in [-0.4, -0.2) is 26.9 Å². The lowest BCUT2D eigenvalue weighted by Crippen LogP contribution is -2.01. The van der Waals surface area contributed by atoms with Crippen molar-refractivity contribution in [2.24, 2.45) is 0 Å². The van der Waals surface area contributed by atoms with Gasteiger partial charge < -0.3 is 4.74 Å². The molecule has 0 amide bonds. The van der Waals surface area contributed by atoms with E-state index in [4.69, 9.17) is 16.3 Å². The number of hydrogen-bond donors (Lipinski definition) is 0. The Morgan fingerprint density at radius 3 is 3.00 bits per heavy atom. The lowest BCUT2D eigenvalue weighted by atomic mass is 10.3. The van der Waals surface area contributed by atoms with E-state index in [0.29, 0.717) is 23.2 Å². The third-order valence-electron chi connectivity index (χ3n) is 1.86. The van der Waals surface area contributed by atoms with E-state index in [0.717, 1.165) is 5.56 Å². The largest absolute Gasteiger partial charge is 0.377 e. The minimum Gasteiger partial charge on any atom is -0.377 e. The predicted molar refractivity (Wildman–Crippen MR) is 51.2 cm³/mol. The van der Waals surface area contributed by atoms with E-state index in [1.807, 2.05) is 6.92 Å². The van der Waals surface area contributed by atoms with Crippen molar-refractivity contribution >= 4 is 17.2 Å². The number of halogens is 1. The quantitative estimate of drug-likeness (QED) is 0.752. The Labute approximate surface area is 85.7 Å². The van der Waals surface area contributed by atoms with Crippen molar-refractivity contribution in [3.8, 4) is 0 Å². The maximum Gasteiger partial charge on any atom is 0.181 e. The van der Waals surface area contributed by atoms with E-state index in [-0.39, 0.29) is 0 Å². The molecule has 6 heteroatoms. The summed E-state index contributed by atoms with van der Waals surface area (Å²) in [5.41, 5.74) is 1.65. The molecule has 0 radical (unpaired) electrons. The molecule has 2 aromatic heterocycles. The van der Waals surface area contributed by atoms with Crippen LogP contribution < -0.4 is 0 Å². The summed E-state index contributed by atoms with van der Waals surface area (Å²) in [6, 6.07) is 1.75. The molecule has 2 aromatic rings. The van der Waals surface area contributed by atoms with E-state index in [1.165, 1.54) is 0 Å². The van der Waals surface area contributed by atoms with Crippen LogP contribution in [0, 0.1) is 6.92 Å². The third kappa shape index (κ3) is 1.44. The molecule has 0 saturated heterocycles. The Hall–Kier alpha value is -1.20. The Balaban J connectivity index is 2.66. The van der Waals surface area contributed by atoms with Crippen molar-refractivity contribution < 1.29 is 4.74 Å². The van der Waals surface area contributed by atoms with Gasteiger partial charge >= 0.3 is 0 Å². The van der Waals surface area contributed by atoms with E-state index in [9.17, 15) is 0 Å². The smallest absolute Gasteiger partial charge is 0.181 e. The average Bonchev–Trinajstić information content (AvgIpc) is 2.49. The fourth-order valence-electron chi connectivity index (χ4n) is 1.25. The van der Waals surface area contributed by atoms with Crippen LogP contribution in [0.4, 0.5) is 0 Å². The molecule has 14 heavy (non-hydrogen) atoms. The molecule has 0 N–H and O–H groups in total. The molecule has 0 atom stereocenters. The molecule has 74 valence electrons. The second-order valence-electron chi connectivity index (χ2n) is 2.93. The number of methoxy groups -OCH3 is 1. The summed E-state index contributed by atoms with van der Waals surface area (Å²) < 4.78 is 6.57. The molecule has 0 saturated carbocycles. The zero-order valence-electron chi connectivity index (χ0n) is 7.86. The Bertz CT molecular complexity index is 468. The fraction of sp³-hybridized carbons (Fsp3) is 0.375. The molecule has 2 heterocycles. The Morgan fingerprint density at radius 2 is 2.29 bits per heavy atom. The minimum absolute atomic E-state index is 0.369. The maximum atomic E-state index is 5.82. The second-order valence-corrected chi connectivity index (χ2v) is 3.32. The molecule has 2 rings (SSSR count). The first-order valence-electron chi connectivity index (χ1n) is 4.08. The average molecular weight is 213 g/mol. The van der Waals surface area contributed by atoms with Crippen LogP contribution in [0.15, 0.2) is 6.07 Å². The fourth-order valence-corrected chi connectivity index (χ4v) is 1.49. The summed E-state index contributed by atoms with van der Waals surface area (Å²) in [7, 11) is 1.60. The monoisotopic (exact) mass is 212 g/mol. The molecule has 0 unspecified atom stereocenters. The SMILES string of the molecule is COCc1nnc2c(C)cc(Cl)nn12. The first kappa shape index (κ1) is 9.36. The number of aromatic nitrogens is 4. The maximum absolute atomic E-state index is 5.82. The highest BCUT2D eigenvalue weighted by Gasteiger charge is 2.09. The molecule has 0 aliphatic heterocycles. The Morgan fingerprint density at radius 1 is 1.50 bits per heavy atom. The molecule has 0 spiro atoms. The molecule has 0 bridgehead atoms. The number of rotatable bonds is 2. The van der Waals surface area contributed by atoms with Crippen molar-refractivity contribution in [3.05, 3.63) is 22.6 Å². The molecular formula is C8H9ClN4O. The summed E-state index contributed by atoms with van der Waals surface area (Å²) in [5, 5.41) is 12.5. The molecule has 5 nitrogen and oxygen atoms in total. The topological polar surface area (TPSA) is 52.3 Å². The summed E-state index contributed by atoms with van der Waals surface area (Å²) >= 11 is 5.82. The van der Waals surface area contributed by atoms with E-state index >= 15 is 0 Å². The summed E-state index contributed by atoms with van der Waals surface area (Å²) in [5.74, 6) is 0.646. The van der Waals surface area contributed by atoms with Gasteiger partial charge in [0.15, 0.2) is 16.6 Å². The van der Waals surface area contributed by atoms with Crippen LogP contribution in [0.1, 0.15) is 11.4 Å². The molecular weight excluding hydrogens is 204 g/mol. The van der Waals surface area contributed by atoms with E-state index in [2.05, 4.69) is 15.3 Å². The number of hydrogen-bond acceptors (Lipinski definition) is 4. The summed E-state index contributed by atoms with van der Waals surface area (Å²) in [6.45, 7) is 2.28. The highest BCUT2D eigenvalue weighted by molar-refractivity contribution is 6.29. The summed E-state index contributed by atoms with van der Waals surface area (Å²) in [6.07, 6.45) is 0. The third-order valence-corrected chi connectivity index (χ3v) is 2.05. The molecule has 0 aliphatic rings. The normalized spacial score (nSPS) is 11.1. The van der Waals surface area contributed by atoms with Crippen molar-refractivity contribution in [2.45, 2.75) is 13.5 Å². The Kier molecular flexibility index (Phi) is 2.35. The van der Waals surface area contributed by atoms with Crippen LogP contribution in [0.3, 0.4) is 0 Å². The van der Waals surface area contributed by atoms with Gasteiger partial charge in [-0.1, -0.05) is 11.6 Å². The molecule has 0 fully saturated rings. The number of nitrogens with zero attached hydrogens (tertiary/aromatic N) is 4. The van der Waals surface area contributed by atoms with Gasteiger partial charge in [0.2, 0.25) is 0 Å². The number of fused-ring (bicyclic) bond motifs is 1. The van der Waals surface area contributed by atoms with Crippen molar-refractivity contribution in [1.29, 1.82) is 0 Å². The van der Waals surface area contributed by atoms with Gasteiger partial charge in [-0.3, -0.25) is 0 Å². The minimum atomic E-state index is 0.369. The second kappa shape index (κ2) is 3.51. The standard InChI is InChI=1S/C8H9ClN4O/c1-5-3-6(9)12-13-7(4-14-2)10-11-8(5)13/h3H,4H2,1-2H3. The highest BCUT2D eigenvalue weighted by Crippen LogP contribution is 2.12. The lowest BCUT2D eigenvalue weighted by molar-refractivity contribution is 0.176. The van der Waals surface area contributed by atoms with Crippen molar-refractivity contribution in [3.63, 3.8) is 0 Å². The van der Waals surface area contributed by atoms with Gasteiger partial charge in [-0.15, -0.1) is 10.2 Å². The van der Waals surface area contributed by atoms with Gasteiger partial charge in [0, 0.05) is 7.11 Å². The van der Waals surface area contributed by atoms with Crippen molar-refractivity contribution in [1.82, 2.24) is 19.8 Å². The van der Waals surface area contributed by atoms with Gasteiger partial charge in [-0.05, 0) is 18.6 Å². The van der Waals surface area contributed by atoms with Gasteiger partial charge in [0.1, 0.15) is 6.61 Å². The number of ether oxygens (including phenoxy) is 1. The first-order valence-corrected chi connectivity index (χ1v) is 4.46. The van der Waals surface area contributed by atoms with Crippen LogP contribution in [-0.2, 0) is 11.3 Å². The molecule has 0 aliphatic carbocycles. The van der Waals surface area contributed by atoms with Gasteiger partial charge in [0.25, 0.3) is 0 Å². The van der Waals surface area contributed by atoms with Gasteiger partial charge in [-0.25, -0.2) is 0 Å². The van der Waals surface area contributed by atoms with E-state index in [1.54, 1.807) is 17.7 Å². The van der Waals surface area contributed by atoms with Crippen LogP contribution in [0.2, 0.25) is 5.15 Å². The summed E-state index contributed by atoms with van der Waals surface area (Å²) in [4.78, 5) is 0. The first-order chi connectivity index (χ1) is 6.72. The zero-order chi connectivity index (χ0) is 10.1. The van der Waals surface area contributed by atoms with Gasteiger partial charge in [-0.2, -0.15) is 9.61 Å². The lowest BCUT2D eigenvalue weighted by Gasteiger charge is -1.99. The molecule has 0 aromatic carbocycles.